The highest BCUT2D eigenvalue weighted by atomic mass is 19.2. The van der Waals surface area contributed by atoms with Crippen LogP contribution < -0.4 is 9.47 Å². The monoisotopic (exact) mass is 485 g/mol. The van der Waals surface area contributed by atoms with E-state index in [9.17, 15) is 30.7 Å². The molecule has 1 aliphatic heterocycles. The lowest BCUT2D eigenvalue weighted by Crippen LogP contribution is -2.11. The Morgan fingerprint density at radius 3 is 1.94 bits per heavy atom. The second-order valence-electron chi connectivity index (χ2n) is 7.11. The van der Waals surface area contributed by atoms with E-state index in [0.717, 1.165) is 12.1 Å². The van der Waals surface area contributed by atoms with Gasteiger partial charge in [-0.2, -0.15) is 8.78 Å². The molecule has 0 saturated heterocycles. The molecule has 1 atom stereocenters. The van der Waals surface area contributed by atoms with E-state index < -0.39 is 52.5 Å². The van der Waals surface area contributed by atoms with Crippen LogP contribution in [0.2, 0.25) is 0 Å². The van der Waals surface area contributed by atoms with Gasteiger partial charge in [0.25, 0.3) is 0 Å². The van der Waals surface area contributed by atoms with Crippen LogP contribution in [0.15, 0.2) is 47.5 Å². The third-order valence-corrected chi connectivity index (χ3v) is 4.82. The fourth-order valence-corrected chi connectivity index (χ4v) is 3.11. The van der Waals surface area contributed by atoms with Crippen molar-refractivity contribution in [2.24, 2.45) is 4.99 Å². The van der Waals surface area contributed by atoms with Crippen molar-refractivity contribution >= 4 is 5.90 Å². The van der Waals surface area contributed by atoms with E-state index in [1.165, 1.54) is 30.3 Å². The standard InChI is InChI=1S/C23H14F7NO3/c24-14-2-1-3-15(25)16(14)23-31-11(10-33-23)8-9-32-12-4-6-13(7-5-12)34-22-20(29)18(27)17(26)19(28)21(22)30/h1-7,11H,8-10H2. The number of halogens is 7. The molecule has 1 aliphatic rings. The summed E-state index contributed by atoms with van der Waals surface area (Å²) < 4.78 is 110. The number of hydrogen-bond acceptors (Lipinski definition) is 4. The average molecular weight is 485 g/mol. The Labute approximate surface area is 188 Å². The second kappa shape index (κ2) is 9.62. The molecule has 3 aromatic rings. The Hall–Kier alpha value is -3.76. The first kappa shape index (κ1) is 23.4. The van der Waals surface area contributed by atoms with Crippen molar-refractivity contribution in [1.29, 1.82) is 0 Å². The maximum atomic E-state index is 13.8. The van der Waals surface area contributed by atoms with Gasteiger partial charge in [-0.15, -0.1) is 0 Å². The van der Waals surface area contributed by atoms with Crippen LogP contribution in [-0.2, 0) is 4.74 Å². The lowest BCUT2D eigenvalue weighted by Gasteiger charge is -2.11. The van der Waals surface area contributed by atoms with E-state index in [4.69, 9.17) is 14.2 Å². The molecule has 1 heterocycles. The highest BCUT2D eigenvalue weighted by Crippen LogP contribution is 2.33. The molecule has 4 nitrogen and oxygen atoms in total. The molecule has 0 bridgehead atoms. The Bertz CT molecular complexity index is 1200. The van der Waals surface area contributed by atoms with Gasteiger partial charge in [-0.05, 0) is 36.4 Å². The largest absolute Gasteiger partial charge is 0.494 e. The molecule has 0 fully saturated rings. The van der Waals surface area contributed by atoms with Crippen molar-refractivity contribution < 1.29 is 44.9 Å². The minimum absolute atomic E-state index is 0.112. The number of aliphatic imine (C=N–C) groups is 1. The van der Waals surface area contributed by atoms with Crippen molar-refractivity contribution in [1.82, 2.24) is 0 Å². The molecule has 0 saturated carbocycles. The molecule has 34 heavy (non-hydrogen) atoms. The highest BCUT2D eigenvalue weighted by Gasteiger charge is 2.28. The lowest BCUT2D eigenvalue weighted by molar-refractivity contribution is 0.264. The first-order valence-electron chi connectivity index (χ1n) is 9.83. The van der Waals surface area contributed by atoms with Gasteiger partial charge in [0.1, 0.15) is 35.3 Å². The van der Waals surface area contributed by atoms with Gasteiger partial charge in [0.2, 0.25) is 40.7 Å². The van der Waals surface area contributed by atoms with E-state index >= 15 is 0 Å². The predicted molar refractivity (Wildman–Crippen MR) is 105 cm³/mol. The van der Waals surface area contributed by atoms with Crippen LogP contribution >= 0.6 is 0 Å². The fourth-order valence-electron chi connectivity index (χ4n) is 3.11. The molecular formula is C23H14F7NO3. The van der Waals surface area contributed by atoms with Gasteiger partial charge in [0, 0.05) is 6.42 Å². The van der Waals surface area contributed by atoms with Crippen LogP contribution in [0.1, 0.15) is 12.0 Å². The van der Waals surface area contributed by atoms with Crippen molar-refractivity contribution in [3.05, 3.63) is 88.7 Å². The van der Waals surface area contributed by atoms with Crippen LogP contribution in [-0.4, -0.2) is 25.2 Å². The van der Waals surface area contributed by atoms with Crippen molar-refractivity contribution in [2.75, 3.05) is 13.2 Å². The molecule has 0 aromatic heterocycles. The maximum absolute atomic E-state index is 13.8. The number of nitrogens with zero attached hydrogens (tertiary/aromatic N) is 1. The molecule has 0 aliphatic carbocycles. The van der Waals surface area contributed by atoms with Crippen LogP contribution in [0.3, 0.4) is 0 Å². The molecule has 4 rings (SSSR count). The summed E-state index contributed by atoms with van der Waals surface area (Å²) in [4.78, 5) is 4.16. The number of benzene rings is 3. The number of rotatable bonds is 7. The van der Waals surface area contributed by atoms with E-state index in [2.05, 4.69) is 4.99 Å². The molecule has 178 valence electrons. The lowest BCUT2D eigenvalue weighted by atomic mass is 10.2. The quantitative estimate of drug-likeness (QED) is 0.232. The summed E-state index contributed by atoms with van der Waals surface area (Å²) in [6, 6.07) is 8.16. The van der Waals surface area contributed by atoms with Gasteiger partial charge in [-0.3, -0.25) is 0 Å². The Morgan fingerprint density at radius 2 is 1.32 bits per heavy atom. The third kappa shape index (κ3) is 4.63. The van der Waals surface area contributed by atoms with Crippen molar-refractivity contribution in [3.63, 3.8) is 0 Å². The average Bonchev–Trinajstić information content (AvgIpc) is 3.28. The first-order valence-corrected chi connectivity index (χ1v) is 9.83. The Kier molecular flexibility index (Phi) is 6.62. The van der Waals surface area contributed by atoms with Gasteiger partial charge >= 0.3 is 0 Å². The fraction of sp³-hybridized carbons (Fsp3) is 0.174. The highest BCUT2D eigenvalue weighted by molar-refractivity contribution is 5.95. The molecule has 1 unspecified atom stereocenters. The molecule has 11 heteroatoms. The van der Waals surface area contributed by atoms with Gasteiger partial charge in [-0.25, -0.2) is 26.9 Å². The summed E-state index contributed by atoms with van der Waals surface area (Å²) in [6.45, 7) is 0.254. The summed E-state index contributed by atoms with van der Waals surface area (Å²) in [7, 11) is 0. The number of hydrogen-bond donors (Lipinski definition) is 0. The van der Waals surface area contributed by atoms with E-state index in [-0.39, 0.29) is 30.4 Å². The summed E-state index contributed by atoms with van der Waals surface area (Å²) in [5.74, 6) is -13.7. The van der Waals surface area contributed by atoms with Crippen LogP contribution in [0.25, 0.3) is 0 Å². The van der Waals surface area contributed by atoms with E-state index in [1.807, 2.05) is 0 Å². The van der Waals surface area contributed by atoms with Crippen molar-refractivity contribution in [3.8, 4) is 17.2 Å². The van der Waals surface area contributed by atoms with Gasteiger partial charge in [0.15, 0.2) is 0 Å². The molecule has 0 N–H and O–H groups in total. The minimum Gasteiger partial charge on any atom is -0.494 e. The Morgan fingerprint density at radius 1 is 0.765 bits per heavy atom. The SMILES string of the molecule is Fc1cccc(F)c1C1=NC(CCOc2ccc(Oc3c(F)c(F)c(F)c(F)c3F)cc2)CO1. The smallest absolute Gasteiger partial charge is 0.222 e. The van der Waals surface area contributed by atoms with Gasteiger partial charge < -0.3 is 14.2 Å². The minimum atomic E-state index is -2.28. The normalized spacial score (nSPS) is 15.1. The Balaban J connectivity index is 1.35. The summed E-state index contributed by atoms with van der Waals surface area (Å²) >= 11 is 0. The van der Waals surface area contributed by atoms with Gasteiger partial charge in [-0.1, -0.05) is 6.07 Å². The van der Waals surface area contributed by atoms with Crippen LogP contribution in [0, 0.1) is 40.7 Å². The summed E-state index contributed by atoms with van der Waals surface area (Å²) in [5.41, 5.74) is -0.338. The third-order valence-electron chi connectivity index (χ3n) is 4.82. The maximum Gasteiger partial charge on any atom is 0.222 e. The second-order valence-corrected chi connectivity index (χ2v) is 7.11. The summed E-state index contributed by atoms with van der Waals surface area (Å²) in [6.07, 6.45) is 0.350. The molecule has 0 amide bonds. The zero-order valence-corrected chi connectivity index (χ0v) is 17.1. The summed E-state index contributed by atoms with van der Waals surface area (Å²) in [5, 5.41) is 0. The van der Waals surface area contributed by atoms with Crippen LogP contribution in [0.5, 0.6) is 17.2 Å². The number of ether oxygens (including phenoxy) is 3. The molecule has 0 spiro atoms. The van der Waals surface area contributed by atoms with Crippen LogP contribution in [0.4, 0.5) is 30.7 Å². The first-order chi connectivity index (χ1) is 16.3. The predicted octanol–water partition coefficient (Wildman–Crippen LogP) is 6.07. The van der Waals surface area contributed by atoms with Crippen molar-refractivity contribution in [2.45, 2.75) is 12.5 Å². The van der Waals surface area contributed by atoms with E-state index in [1.54, 1.807) is 0 Å². The molecule has 3 aromatic carbocycles. The molecular weight excluding hydrogens is 471 g/mol. The zero-order valence-electron chi connectivity index (χ0n) is 17.1. The zero-order chi connectivity index (χ0) is 24.4. The van der Waals surface area contributed by atoms with E-state index in [0.29, 0.717) is 12.2 Å². The van der Waals surface area contributed by atoms with Gasteiger partial charge in [0.05, 0.1) is 12.6 Å². The molecule has 0 radical (unpaired) electrons. The topological polar surface area (TPSA) is 40.0 Å².